The van der Waals surface area contributed by atoms with E-state index in [-0.39, 0.29) is 18.4 Å². The molecule has 5 nitrogen and oxygen atoms in total. The van der Waals surface area contributed by atoms with Crippen LogP contribution >= 0.6 is 0 Å². The lowest BCUT2D eigenvalue weighted by molar-refractivity contribution is -0.136. The van der Waals surface area contributed by atoms with Gasteiger partial charge in [0, 0.05) is 17.5 Å². The van der Waals surface area contributed by atoms with Crippen LogP contribution in [0.15, 0.2) is 29.1 Å². The molecule has 2 rings (SSSR count). The Morgan fingerprint density at radius 2 is 2.11 bits per heavy atom. The summed E-state index contributed by atoms with van der Waals surface area (Å²) in [6.45, 7) is 0. The van der Waals surface area contributed by atoms with Crippen molar-refractivity contribution in [2.45, 2.75) is 12.8 Å². The number of aromatic nitrogens is 2. The molecule has 1 aromatic carbocycles. The number of rotatable bonds is 4. The number of carboxylic acids is 1. The SMILES string of the molecule is O=C(O)CCc1c(-c2cccc(F)c2)[nH][nH]c1=O. The van der Waals surface area contributed by atoms with E-state index in [1.165, 1.54) is 18.2 Å². The Morgan fingerprint density at radius 1 is 1.33 bits per heavy atom. The van der Waals surface area contributed by atoms with Gasteiger partial charge in [-0.05, 0) is 18.6 Å². The van der Waals surface area contributed by atoms with Crippen molar-refractivity contribution in [1.82, 2.24) is 10.2 Å². The van der Waals surface area contributed by atoms with Gasteiger partial charge in [-0.15, -0.1) is 0 Å². The molecule has 0 saturated heterocycles. The van der Waals surface area contributed by atoms with Crippen molar-refractivity contribution in [2.24, 2.45) is 0 Å². The molecule has 0 fully saturated rings. The molecule has 18 heavy (non-hydrogen) atoms. The molecule has 1 heterocycles. The summed E-state index contributed by atoms with van der Waals surface area (Å²) in [4.78, 5) is 22.1. The van der Waals surface area contributed by atoms with Gasteiger partial charge in [0.05, 0.1) is 5.69 Å². The predicted octanol–water partition coefficient (Wildman–Crippen LogP) is 1.53. The largest absolute Gasteiger partial charge is 0.481 e. The Bertz CT molecular complexity index is 630. The molecule has 0 unspecified atom stereocenters. The topological polar surface area (TPSA) is 85.9 Å². The van der Waals surface area contributed by atoms with Crippen molar-refractivity contribution < 1.29 is 14.3 Å². The molecule has 0 saturated carbocycles. The Morgan fingerprint density at radius 3 is 2.78 bits per heavy atom. The first kappa shape index (κ1) is 12.1. The molecular weight excluding hydrogens is 239 g/mol. The number of halogens is 1. The van der Waals surface area contributed by atoms with Crippen LogP contribution in [0.2, 0.25) is 0 Å². The summed E-state index contributed by atoms with van der Waals surface area (Å²) < 4.78 is 13.1. The van der Waals surface area contributed by atoms with E-state index < -0.39 is 11.8 Å². The summed E-state index contributed by atoms with van der Waals surface area (Å²) in [7, 11) is 0. The van der Waals surface area contributed by atoms with Gasteiger partial charge in [-0.2, -0.15) is 0 Å². The molecule has 0 aliphatic rings. The van der Waals surface area contributed by atoms with Gasteiger partial charge in [0.15, 0.2) is 0 Å². The maximum atomic E-state index is 13.1. The number of carboxylic acid groups (broad SMARTS) is 1. The first-order chi connectivity index (χ1) is 8.58. The van der Waals surface area contributed by atoms with Crippen LogP contribution in [0.1, 0.15) is 12.0 Å². The van der Waals surface area contributed by atoms with Gasteiger partial charge in [-0.25, -0.2) is 4.39 Å². The fourth-order valence-corrected chi connectivity index (χ4v) is 1.74. The van der Waals surface area contributed by atoms with Gasteiger partial charge in [0.1, 0.15) is 5.82 Å². The standard InChI is InChI=1S/C12H11FN2O3/c13-8-3-1-2-7(6-8)11-9(4-5-10(16)17)12(18)15-14-11/h1-3,6H,4-5H2,(H,16,17)(H2,14,15,18). The third-order valence-electron chi connectivity index (χ3n) is 2.58. The Labute approximate surface area is 101 Å². The lowest BCUT2D eigenvalue weighted by Gasteiger charge is -2.01. The van der Waals surface area contributed by atoms with E-state index in [0.29, 0.717) is 16.8 Å². The Kier molecular flexibility index (Phi) is 3.27. The van der Waals surface area contributed by atoms with Crippen LogP contribution in [-0.2, 0) is 11.2 Å². The highest BCUT2D eigenvalue weighted by molar-refractivity contribution is 5.68. The average molecular weight is 250 g/mol. The maximum Gasteiger partial charge on any atom is 0.303 e. The molecule has 94 valence electrons. The molecule has 6 heteroatoms. The molecule has 1 aromatic heterocycles. The van der Waals surface area contributed by atoms with Gasteiger partial charge >= 0.3 is 5.97 Å². The van der Waals surface area contributed by atoms with Crippen LogP contribution < -0.4 is 5.56 Å². The lowest BCUT2D eigenvalue weighted by atomic mass is 10.0. The number of aromatic amines is 2. The van der Waals surface area contributed by atoms with Gasteiger partial charge in [-0.1, -0.05) is 12.1 Å². The molecule has 0 aliphatic heterocycles. The first-order valence-corrected chi connectivity index (χ1v) is 5.35. The van der Waals surface area contributed by atoms with Crippen molar-refractivity contribution in [1.29, 1.82) is 0 Å². The molecule has 0 atom stereocenters. The van der Waals surface area contributed by atoms with Crippen LogP contribution in [0.25, 0.3) is 11.3 Å². The van der Waals surface area contributed by atoms with Crippen molar-refractivity contribution in [3.8, 4) is 11.3 Å². The minimum absolute atomic E-state index is 0.0972. The second-order valence-corrected chi connectivity index (χ2v) is 3.84. The van der Waals surface area contributed by atoms with Crippen LogP contribution in [-0.4, -0.2) is 21.3 Å². The van der Waals surface area contributed by atoms with Crippen molar-refractivity contribution in [2.75, 3.05) is 0 Å². The van der Waals surface area contributed by atoms with Crippen LogP contribution in [0.5, 0.6) is 0 Å². The zero-order chi connectivity index (χ0) is 13.1. The first-order valence-electron chi connectivity index (χ1n) is 5.35. The van der Waals surface area contributed by atoms with E-state index in [2.05, 4.69) is 10.2 Å². The summed E-state index contributed by atoms with van der Waals surface area (Å²) in [6, 6.07) is 5.75. The number of benzene rings is 1. The lowest BCUT2D eigenvalue weighted by Crippen LogP contribution is -2.08. The van der Waals surface area contributed by atoms with Crippen LogP contribution in [0, 0.1) is 5.82 Å². The molecule has 0 spiro atoms. The third kappa shape index (κ3) is 2.48. The van der Waals surface area contributed by atoms with Gasteiger partial charge < -0.3 is 5.11 Å². The highest BCUT2D eigenvalue weighted by Gasteiger charge is 2.13. The second-order valence-electron chi connectivity index (χ2n) is 3.84. The fraction of sp³-hybridized carbons (Fsp3) is 0.167. The number of H-pyrrole nitrogens is 2. The third-order valence-corrected chi connectivity index (χ3v) is 2.58. The second kappa shape index (κ2) is 4.87. The summed E-state index contributed by atoms with van der Waals surface area (Å²) >= 11 is 0. The van der Waals surface area contributed by atoms with Crippen molar-refractivity contribution >= 4 is 5.97 Å². The van der Waals surface area contributed by atoms with E-state index >= 15 is 0 Å². The van der Waals surface area contributed by atoms with Gasteiger partial charge in [0.25, 0.3) is 5.56 Å². The van der Waals surface area contributed by atoms with E-state index in [1.807, 2.05) is 0 Å². The molecule has 3 N–H and O–H groups in total. The summed E-state index contributed by atoms with van der Waals surface area (Å²) in [5, 5.41) is 13.7. The highest BCUT2D eigenvalue weighted by Crippen LogP contribution is 2.20. The molecule has 2 aromatic rings. The average Bonchev–Trinajstić information content (AvgIpc) is 2.68. The Balaban J connectivity index is 2.39. The normalized spacial score (nSPS) is 10.5. The summed E-state index contributed by atoms with van der Waals surface area (Å²) in [6.07, 6.45) is -0.0523. The number of carbonyl (C=O) groups is 1. The minimum atomic E-state index is -0.985. The Hall–Kier alpha value is -2.37. The molecule has 0 aliphatic carbocycles. The van der Waals surface area contributed by atoms with E-state index in [4.69, 9.17) is 5.11 Å². The predicted molar refractivity (Wildman–Crippen MR) is 62.8 cm³/mol. The zero-order valence-electron chi connectivity index (χ0n) is 9.37. The number of hydrogen-bond donors (Lipinski definition) is 3. The van der Waals surface area contributed by atoms with Gasteiger partial charge in [-0.3, -0.25) is 19.8 Å². The van der Waals surface area contributed by atoms with Crippen LogP contribution in [0.4, 0.5) is 4.39 Å². The number of nitrogens with one attached hydrogen (secondary N) is 2. The van der Waals surface area contributed by atoms with E-state index in [9.17, 15) is 14.0 Å². The quantitative estimate of drug-likeness (QED) is 0.769. The van der Waals surface area contributed by atoms with Crippen LogP contribution in [0.3, 0.4) is 0 Å². The molecule has 0 amide bonds. The van der Waals surface area contributed by atoms with E-state index in [1.54, 1.807) is 6.07 Å². The van der Waals surface area contributed by atoms with Gasteiger partial charge in [0.2, 0.25) is 0 Å². The molecule has 0 bridgehead atoms. The number of aliphatic carboxylic acids is 1. The monoisotopic (exact) mass is 250 g/mol. The maximum absolute atomic E-state index is 13.1. The smallest absolute Gasteiger partial charge is 0.303 e. The molecular formula is C12H11FN2O3. The minimum Gasteiger partial charge on any atom is -0.481 e. The highest BCUT2D eigenvalue weighted by atomic mass is 19.1. The molecule has 0 radical (unpaired) electrons. The number of hydrogen-bond acceptors (Lipinski definition) is 2. The summed E-state index contributed by atoms with van der Waals surface area (Å²) in [5.41, 5.74) is 0.882. The zero-order valence-corrected chi connectivity index (χ0v) is 9.37. The van der Waals surface area contributed by atoms with Crippen molar-refractivity contribution in [3.05, 3.63) is 46.0 Å². The summed E-state index contributed by atoms with van der Waals surface area (Å²) in [5.74, 6) is -1.40. The van der Waals surface area contributed by atoms with E-state index in [0.717, 1.165) is 0 Å². The van der Waals surface area contributed by atoms with Crippen molar-refractivity contribution in [3.63, 3.8) is 0 Å². The fourth-order valence-electron chi connectivity index (χ4n) is 1.74.